The van der Waals surface area contributed by atoms with Crippen LogP contribution in [0, 0.1) is 11.8 Å². The maximum absolute atomic E-state index is 11.2. The number of aliphatic hydroxyl groups is 1. The lowest BCUT2D eigenvalue weighted by Crippen LogP contribution is -2.59. The van der Waals surface area contributed by atoms with Gasteiger partial charge in [0.05, 0.1) is 0 Å². The van der Waals surface area contributed by atoms with Crippen molar-refractivity contribution >= 4 is 5.84 Å². The highest BCUT2D eigenvalue weighted by atomic mass is 16.3. The Bertz CT molecular complexity index is 789. The maximum Gasteiger partial charge on any atom is 0.166 e. The van der Waals surface area contributed by atoms with Crippen LogP contribution in [0.1, 0.15) is 79.1 Å². The minimum atomic E-state index is 0.209. The number of aliphatic hydroxyl groups excluding tert-OH is 1. The number of piperidine rings is 1. The van der Waals surface area contributed by atoms with E-state index in [0.717, 1.165) is 49.9 Å². The van der Waals surface area contributed by atoms with Gasteiger partial charge in [0.25, 0.3) is 0 Å². The van der Waals surface area contributed by atoms with Crippen molar-refractivity contribution in [1.82, 2.24) is 20.0 Å². The molecule has 0 aromatic carbocycles. The van der Waals surface area contributed by atoms with Crippen LogP contribution in [-0.2, 0) is 0 Å². The summed E-state index contributed by atoms with van der Waals surface area (Å²) in [7, 11) is 0. The SMILES string of the molecule is C=C(/C=C(/O)C(=NCC)N1CCN(C2CCN(CC)CC2)C(CC(C)C)C1)C(=C)NCC1CCCCC1. The molecule has 0 amide bonds. The Labute approximate surface area is 227 Å². The van der Waals surface area contributed by atoms with Crippen LogP contribution < -0.4 is 5.32 Å². The zero-order valence-corrected chi connectivity index (χ0v) is 24.4. The third-order valence-electron chi connectivity index (χ3n) is 8.61. The Hall–Kier alpha value is -1.79. The molecule has 0 spiro atoms. The molecule has 0 aromatic rings. The van der Waals surface area contributed by atoms with Gasteiger partial charge in [-0.1, -0.05) is 53.2 Å². The number of likely N-dealkylation sites (tertiary alicyclic amines) is 1. The summed E-state index contributed by atoms with van der Waals surface area (Å²) < 4.78 is 0. The van der Waals surface area contributed by atoms with Gasteiger partial charge in [0, 0.05) is 50.5 Å². The van der Waals surface area contributed by atoms with E-state index in [0.29, 0.717) is 30.4 Å². The summed E-state index contributed by atoms with van der Waals surface area (Å²) in [5.41, 5.74) is 1.53. The zero-order chi connectivity index (χ0) is 26.8. The van der Waals surface area contributed by atoms with Gasteiger partial charge in [-0.15, -0.1) is 0 Å². The Balaban J connectivity index is 1.64. The van der Waals surface area contributed by atoms with Crippen LogP contribution >= 0.6 is 0 Å². The lowest BCUT2D eigenvalue weighted by Gasteiger charge is -2.48. The Morgan fingerprint density at radius 2 is 1.73 bits per heavy atom. The van der Waals surface area contributed by atoms with Gasteiger partial charge in [0.15, 0.2) is 11.6 Å². The first-order chi connectivity index (χ1) is 17.8. The lowest BCUT2D eigenvalue weighted by molar-refractivity contribution is 0.0264. The normalized spacial score (nSPS) is 24.0. The van der Waals surface area contributed by atoms with Crippen molar-refractivity contribution in [2.75, 3.05) is 52.4 Å². The molecule has 1 atom stereocenters. The number of hydrogen-bond acceptors (Lipinski definition) is 5. The Morgan fingerprint density at radius 1 is 1.03 bits per heavy atom. The van der Waals surface area contributed by atoms with Crippen molar-refractivity contribution in [3.05, 3.63) is 36.3 Å². The molecule has 2 heterocycles. The van der Waals surface area contributed by atoms with Crippen molar-refractivity contribution in [1.29, 1.82) is 0 Å². The number of rotatable bonds is 11. The molecule has 1 aliphatic carbocycles. The largest absolute Gasteiger partial charge is 0.504 e. The van der Waals surface area contributed by atoms with Crippen LogP contribution in [0.3, 0.4) is 0 Å². The number of aliphatic imine (C=N–C) groups is 1. The van der Waals surface area contributed by atoms with E-state index in [1.165, 1.54) is 64.5 Å². The second-order valence-electron chi connectivity index (χ2n) is 11.8. The summed E-state index contributed by atoms with van der Waals surface area (Å²) in [6.07, 6.45) is 12.1. The zero-order valence-electron chi connectivity index (χ0n) is 24.4. The third kappa shape index (κ3) is 8.88. The fourth-order valence-electron chi connectivity index (χ4n) is 6.45. The quantitative estimate of drug-likeness (QED) is 0.163. The molecule has 2 N–H and O–H groups in total. The third-order valence-corrected chi connectivity index (χ3v) is 8.61. The summed E-state index contributed by atoms with van der Waals surface area (Å²) in [4.78, 5) is 12.4. The topological polar surface area (TPSA) is 54.3 Å². The minimum absolute atomic E-state index is 0.209. The monoisotopic (exact) mass is 513 g/mol. The van der Waals surface area contributed by atoms with E-state index in [4.69, 9.17) is 4.99 Å². The molecule has 0 aromatic heterocycles. The van der Waals surface area contributed by atoms with E-state index in [1.54, 1.807) is 6.08 Å². The molecule has 0 radical (unpaired) electrons. The molecule has 1 saturated carbocycles. The van der Waals surface area contributed by atoms with Crippen LogP contribution in [-0.4, -0.2) is 90.1 Å². The van der Waals surface area contributed by atoms with Crippen molar-refractivity contribution in [3.63, 3.8) is 0 Å². The number of amidine groups is 1. The first-order valence-electron chi connectivity index (χ1n) is 15.1. The van der Waals surface area contributed by atoms with Crippen LogP contribution in [0.2, 0.25) is 0 Å². The van der Waals surface area contributed by atoms with E-state index in [2.05, 4.69) is 53.9 Å². The molecule has 3 rings (SSSR count). The van der Waals surface area contributed by atoms with Crippen molar-refractivity contribution in [3.8, 4) is 0 Å². The highest BCUT2D eigenvalue weighted by Gasteiger charge is 2.35. The lowest BCUT2D eigenvalue weighted by atomic mass is 9.89. The highest BCUT2D eigenvalue weighted by Crippen LogP contribution is 2.27. The van der Waals surface area contributed by atoms with E-state index >= 15 is 0 Å². The van der Waals surface area contributed by atoms with Gasteiger partial charge < -0.3 is 20.2 Å². The van der Waals surface area contributed by atoms with Crippen LogP contribution in [0.4, 0.5) is 0 Å². The molecule has 2 saturated heterocycles. The summed E-state index contributed by atoms with van der Waals surface area (Å²) in [6.45, 7) is 25.4. The second kappa shape index (κ2) is 15.0. The summed E-state index contributed by atoms with van der Waals surface area (Å²) >= 11 is 0. The Kier molecular flexibility index (Phi) is 12.0. The van der Waals surface area contributed by atoms with Gasteiger partial charge >= 0.3 is 0 Å². The van der Waals surface area contributed by atoms with E-state index in [1.807, 2.05) is 6.92 Å². The van der Waals surface area contributed by atoms with Crippen molar-refractivity contribution in [2.45, 2.75) is 91.1 Å². The number of hydrogen-bond donors (Lipinski definition) is 2. The van der Waals surface area contributed by atoms with Crippen molar-refractivity contribution < 1.29 is 5.11 Å². The van der Waals surface area contributed by atoms with Gasteiger partial charge in [-0.05, 0) is 82.1 Å². The molecule has 3 fully saturated rings. The van der Waals surface area contributed by atoms with Gasteiger partial charge in [0.1, 0.15) is 0 Å². The molecular weight excluding hydrogens is 458 g/mol. The van der Waals surface area contributed by atoms with Gasteiger partial charge in [0.2, 0.25) is 0 Å². The highest BCUT2D eigenvalue weighted by molar-refractivity contribution is 5.96. The van der Waals surface area contributed by atoms with Crippen LogP contribution in [0.5, 0.6) is 0 Å². The number of allylic oxidation sites excluding steroid dienone is 1. The first-order valence-corrected chi connectivity index (χ1v) is 15.1. The average Bonchev–Trinajstić information content (AvgIpc) is 2.90. The molecule has 1 unspecified atom stereocenters. The smallest absolute Gasteiger partial charge is 0.166 e. The summed E-state index contributed by atoms with van der Waals surface area (Å²) in [5, 5.41) is 14.7. The molecule has 6 nitrogen and oxygen atoms in total. The number of nitrogens with zero attached hydrogens (tertiary/aromatic N) is 4. The van der Waals surface area contributed by atoms with E-state index in [9.17, 15) is 5.11 Å². The number of piperazine rings is 1. The predicted molar refractivity (Wildman–Crippen MR) is 158 cm³/mol. The van der Waals surface area contributed by atoms with Crippen LogP contribution in [0.15, 0.2) is 41.3 Å². The molecule has 210 valence electrons. The second-order valence-corrected chi connectivity index (χ2v) is 11.8. The molecule has 37 heavy (non-hydrogen) atoms. The van der Waals surface area contributed by atoms with Gasteiger partial charge in [-0.3, -0.25) is 9.89 Å². The molecular formula is C31H55N5O. The molecule has 6 heteroatoms. The average molecular weight is 514 g/mol. The van der Waals surface area contributed by atoms with Gasteiger partial charge in [-0.2, -0.15) is 0 Å². The maximum atomic E-state index is 11.2. The minimum Gasteiger partial charge on any atom is -0.504 e. The fourth-order valence-corrected chi connectivity index (χ4v) is 6.45. The van der Waals surface area contributed by atoms with Crippen molar-refractivity contribution in [2.24, 2.45) is 16.8 Å². The standard InChI is InChI=1S/C31H55N5O/c1-7-32-31(30(37)21-25(5)26(6)33-22-27-12-10-9-11-13-27)35-18-19-36(29(23-35)20-24(3)4)28-14-16-34(8-2)17-15-28/h21,24,27-29,33,37H,5-20,22-23H2,1-4H3/b30-21+,32-31?. The van der Waals surface area contributed by atoms with Gasteiger partial charge in [-0.25, -0.2) is 0 Å². The summed E-state index contributed by atoms with van der Waals surface area (Å²) in [5.74, 6) is 2.27. The first kappa shape index (κ1) is 29.8. The fraction of sp³-hybridized carbons (Fsp3) is 0.774. The Morgan fingerprint density at radius 3 is 2.35 bits per heavy atom. The van der Waals surface area contributed by atoms with E-state index < -0.39 is 0 Å². The molecule has 3 aliphatic rings. The van der Waals surface area contributed by atoms with E-state index in [-0.39, 0.29) is 5.76 Å². The summed E-state index contributed by atoms with van der Waals surface area (Å²) in [6, 6.07) is 1.15. The van der Waals surface area contributed by atoms with Crippen LogP contribution in [0.25, 0.3) is 0 Å². The number of nitrogens with one attached hydrogen (secondary N) is 1. The molecule has 0 bridgehead atoms. The predicted octanol–water partition coefficient (Wildman–Crippen LogP) is 5.60. The molecule has 2 aliphatic heterocycles.